The summed E-state index contributed by atoms with van der Waals surface area (Å²) in [7, 11) is -3.77. The van der Waals surface area contributed by atoms with Gasteiger partial charge >= 0.3 is 6.09 Å². The maximum atomic E-state index is 13.1. The third-order valence-corrected chi connectivity index (χ3v) is 6.35. The molecule has 4 rings (SSSR count). The van der Waals surface area contributed by atoms with E-state index in [0.29, 0.717) is 17.7 Å². The molecular weight excluding hydrogens is 460 g/mol. The van der Waals surface area contributed by atoms with Gasteiger partial charge in [0, 0.05) is 42.9 Å². The van der Waals surface area contributed by atoms with Crippen LogP contribution in [0.3, 0.4) is 0 Å². The van der Waals surface area contributed by atoms with Crippen LogP contribution in [0, 0.1) is 0 Å². The highest BCUT2D eigenvalue weighted by molar-refractivity contribution is 7.89. The minimum atomic E-state index is -3.77. The molecule has 1 saturated carbocycles. The zero-order valence-electron chi connectivity index (χ0n) is 17.6. The van der Waals surface area contributed by atoms with Crippen molar-refractivity contribution in [3.8, 4) is 0 Å². The first-order valence-electron chi connectivity index (χ1n) is 10.1. The Balaban J connectivity index is 1.28. The molecule has 0 bridgehead atoms. The van der Waals surface area contributed by atoms with Crippen molar-refractivity contribution in [3.05, 3.63) is 42.2 Å². The molecule has 1 aliphatic carbocycles. The SMILES string of the molecule is CC1(NC(=O)OC2COC(c3cnc(Nc4ccc(S(N)(=O)=O)cc4)nc3)C2)CC(F)(F)C1. The Morgan fingerprint density at radius 1 is 1.21 bits per heavy atom. The molecule has 1 aliphatic heterocycles. The van der Waals surface area contributed by atoms with Crippen molar-refractivity contribution in [3.63, 3.8) is 0 Å². The van der Waals surface area contributed by atoms with Crippen LogP contribution in [0.4, 0.5) is 25.2 Å². The Kier molecular flexibility index (Phi) is 5.97. The lowest BCUT2D eigenvalue weighted by Gasteiger charge is -2.44. The van der Waals surface area contributed by atoms with E-state index in [4.69, 9.17) is 14.6 Å². The van der Waals surface area contributed by atoms with E-state index < -0.39 is 46.5 Å². The number of sulfonamides is 1. The first kappa shape index (κ1) is 23.3. The molecule has 1 aromatic heterocycles. The topological polar surface area (TPSA) is 146 Å². The Morgan fingerprint density at radius 2 is 1.85 bits per heavy atom. The van der Waals surface area contributed by atoms with Crippen LogP contribution in [0.1, 0.15) is 37.9 Å². The largest absolute Gasteiger partial charge is 0.444 e. The van der Waals surface area contributed by atoms with Crippen LogP contribution in [-0.4, -0.2) is 48.7 Å². The van der Waals surface area contributed by atoms with E-state index in [0.717, 1.165) is 0 Å². The summed E-state index contributed by atoms with van der Waals surface area (Å²) in [6.07, 6.45) is 1.05. The number of hydrogen-bond acceptors (Lipinski definition) is 8. The summed E-state index contributed by atoms with van der Waals surface area (Å²) < 4.78 is 59.8. The summed E-state index contributed by atoms with van der Waals surface area (Å²) >= 11 is 0. The van der Waals surface area contributed by atoms with Gasteiger partial charge in [-0.2, -0.15) is 0 Å². The van der Waals surface area contributed by atoms with Crippen molar-refractivity contribution in [2.24, 2.45) is 5.14 Å². The van der Waals surface area contributed by atoms with Gasteiger partial charge in [0.05, 0.1) is 23.1 Å². The van der Waals surface area contributed by atoms with E-state index in [9.17, 15) is 22.0 Å². The van der Waals surface area contributed by atoms with E-state index in [1.165, 1.54) is 24.3 Å². The number of rotatable bonds is 6. The Bertz CT molecular complexity index is 1120. The molecule has 1 amide bonds. The zero-order valence-corrected chi connectivity index (χ0v) is 18.4. The number of anilines is 2. The van der Waals surface area contributed by atoms with E-state index in [1.807, 2.05) is 0 Å². The van der Waals surface area contributed by atoms with Crippen molar-refractivity contribution in [2.75, 3.05) is 11.9 Å². The average Bonchev–Trinajstić information content (AvgIpc) is 3.14. The number of aromatic nitrogens is 2. The van der Waals surface area contributed by atoms with Gasteiger partial charge in [0.2, 0.25) is 16.0 Å². The van der Waals surface area contributed by atoms with E-state index in [2.05, 4.69) is 20.6 Å². The maximum absolute atomic E-state index is 13.1. The number of nitrogens with zero attached hydrogens (tertiary/aromatic N) is 2. The predicted octanol–water partition coefficient (Wildman–Crippen LogP) is 2.61. The van der Waals surface area contributed by atoms with Gasteiger partial charge in [-0.25, -0.2) is 37.1 Å². The highest BCUT2D eigenvalue weighted by Gasteiger charge is 2.54. The number of nitrogens with one attached hydrogen (secondary N) is 2. The first-order valence-corrected chi connectivity index (χ1v) is 11.7. The number of carbonyl (C=O) groups excluding carboxylic acids is 1. The second kappa shape index (κ2) is 8.47. The molecule has 2 atom stereocenters. The lowest BCUT2D eigenvalue weighted by atomic mass is 9.75. The molecule has 0 radical (unpaired) electrons. The summed E-state index contributed by atoms with van der Waals surface area (Å²) in [6.45, 7) is 1.72. The summed E-state index contributed by atoms with van der Waals surface area (Å²) in [5.41, 5.74) is 0.293. The number of primary sulfonamides is 1. The van der Waals surface area contributed by atoms with Gasteiger partial charge in [-0.15, -0.1) is 0 Å². The molecule has 0 spiro atoms. The minimum Gasteiger partial charge on any atom is -0.444 e. The fourth-order valence-corrected chi connectivity index (χ4v) is 4.46. The molecule has 2 heterocycles. The van der Waals surface area contributed by atoms with Gasteiger partial charge in [0.1, 0.15) is 6.10 Å². The fraction of sp³-hybridized carbons (Fsp3) is 0.450. The zero-order chi connectivity index (χ0) is 23.9. The molecule has 4 N–H and O–H groups in total. The van der Waals surface area contributed by atoms with Crippen molar-refractivity contribution in [1.29, 1.82) is 0 Å². The number of amides is 1. The second-order valence-corrected chi connectivity index (χ2v) is 10.1. The summed E-state index contributed by atoms with van der Waals surface area (Å²) in [5.74, 6) is -2.46. The molecule has 1 aromatic carbocycles. The lowest BCUT2D eigenvalue weighted by molar-refractivity contribution is -0.126. The number of alkyl carbamates (subject to hydrolysis) is 1. The molecule has 2 unspecified atom stereocenters. The summed E-state index contributed by atoms with van der Waals surface area (Å²) in [6, 6.07) is 5.81. The van der Waals surface area contributed by atoms with Gasteiger partial charge in [0.25, 0.3) is 5.92 Å². The quantitative estimate of drug-likeness (QED) is 0.568. The van der Waals surface area contributed by atoms with Crippen molar-refractivity contribution in [2.45, 2.75) is 54.8 Å². The smallest absolute Gasteiger partial charge is 0.407 e. The lowest BCUT2D eigenvalue weighted by Crippen LogP contribution is -2.60. The minimum absolute atomic E-state index is 0.00659. The van der Waals surface area contributed by atoms with Gasteiger partial charge in [0.15, 0.2) is 0 Å². The average molecular weight is 483 g/mol. The van der Waals surface area contributed by atoms with Crippen LogP contribution in [0.5, 0.6) is 0 Å². The van der Waals surface area contributed by atoms with E-state index in [-0.39, 0.29) is 23.6 Å². The molecular formula is C20H23F2N5O5S. The monoisotopic (exact) mass is 483 g/mol. The number of carbonyl (C=O) groups is 1. The van der Waals surface area contributed by atoms with Gasteiger partial charge < -0.3 is 20.1 Å². The van der Waals surface area contributed by atoms with Crippen molar-refractivity contribution in [1.82, 2.24) is 15.3 Å². The fourth-order valence-electron chi connectivity index (χ4n) is 3.94. The van der Waals surface area contributed by atoms with Gasteiger partial charge in [-0.05, 0) is 31.2 Å². The Hall–Kier alpha value is -2.90. The molecule has 178 valence electrons. The highest BCUT2D eigenvalue weighted by Crippen LogP contribution is 2.45. The van der Waals surface area contributed by atoms with E-state index >= 15 is 0 Å². The standard InChI is InChI=1S/C20H23F2N5O5S/c1-19(10-20(21,22)11-19)27-18(28)32-14-6-16(31-9-14)12-7-24-17(25-8-12)26-13-2-4-15(5-3-13)33(23,29)30/h2-5,7-8,14,16H,6,9-11H2,1H3,(H,27,28)(H2,23,29,30)(H,24,25,26). The summed E-state index contributed by atoms with van der Waals surface area (Å²) in [4.78, 5) is 20.5. The third kappa shape index (κ3) is 5.72. The normalized spacial score (nSPS) is 23.4. The number of benzene rings is 1. The second-order valence-electron chi connectivity index (χ2n) is 8.51. The number of hydrogen-bond donors (Lipinski definition) is 3. The molecule has 13 heteroatoms. The van der Waals surface area contributed by atoms with Gasteiger partial charge in [-0.1, -0.05) is 0 Å². The van der Waals surface area contributed by atoms with Crippen LogP contribution >= 0.6 is 0 Å². The molecule has 2 aromatic rings. The number of halogens is 2. The molecule has 1 saturated heterocycles. The van der Waals surface area contributed by atoms with Crippen molar-refractivity contribution >= 4 is 27.8 Å². The van der Waals surface area contributed by atoms with Crippen LogP contribution in [0.15, 0.2) is 41.6 Å². The van der Waals surface area contributed by atoms with Gasteiger partial charge in [-0.3, -0.25) is 0 Å². The van der Waals surface area contributed by atoms with Crippen LogP contribution in [0.2, 0.25) is 0 Å². The number of nitrogens with two attached hydrogens (primary N) is 1. The molecule has 33 heavy (non-hydrogen) atoms. The number of ether oxygens (including phenoxy) is 2. The number of alkyl halides is 2. The third-order valence-electron chi connectivity index (χ3n) is 5.42. The highest BCUT2D eigenvalue weighted by atomic mass is 32.2. The van der Waals surface area contributed by atoms with Crippen molar-refractivity contribution < 1.29 is 31.5 Å². The van der Waals surface area contributed by atoms with Crippen LogP contribution < -0.4 is 15.8 Å². The Labute approximate surface area is 188 Å². The molecule has 2 aliphatic rings. The first-order chi connectivity index (χ1) is 15.4. The van der Waals surface area contributed by atoms with Crippen LogP contribution in [-0.2, 0) is 19.5 Å². The summed E-state index contributed by atoms with van der Waals surface area (Å²) in [5, 5.41) is 10.5. The molecule has 10 nitrogen and oxygen atoms in total. The maximum Gasteiger partial charge on any atom is 0.407 e. The van der Waals surface area contributed by atoms with Crippen LogP contribution in [0.25, 0.3) is 0 Å². The Morgan fingerprint density at radius 3 is 2.42 bits per heavy atom. The molecule has 2 fully saturated rings. The predicted molar refractivity (Wildman–Crippen MR) is 112 cm³/mol. The van der Waals surface area contributed by atoms with E-state index in [1.54, 1.807) is 19.3 Å².